The molecule has 0 bridgehead atoms. The van der Waals surface area contributed by atoms with E-state index in [0.29, 0.717) is 25.2 Å². The molecule has 4 nitrogen and oxygen atoms in total. The highest BCUT2D eigenvalue weighted by molar-refractivity contribution is 5.90. The largest absolute Gasteiger partial charge is 0.355 e. The topological polar surface area (TPSA) is 44.4 Å². The second-order valence-electron chi connectivity index (χ2n) is 6.24. The molecule has 0 atom stereocenters. The van der Waals surface area contributed by atoms with Crippen molar-refractivity contribution >= 4 is 11.6 Å². The lowest BCUT2D eigenvalue weighted by molar-refractivity contribution is -0.126. The lowest BCUT2D eigenvalue weighted by atomic mass is 9.96. The molecule has 1 amide bonds. The molecule has 1 heterocycles. The van der Waals surface area contributed by atoms with Gasteiger partial charge in [-0.3, -0.25) is 4.79 Å². The van der Waals surface area contributed by atoms with E-state index in [1.807, 2.05) is 38.7 Å². The molecule has 0 radical (unpaired) electrons. The molecule has 1 fully saturated rings. The van der Waals surface area contributed by atoms with Gasteiger partial charge in [0.05, 0.1) is 0 Å². The van der Waals surface area contributed by atoms with Gasteiger partial charge in [-0.1, -0.05) is 19.9 Å². The number of halogens is 1. The van der Waals surface area contributed by atoms with Crippen LogP contribution in [0.1, 0.15) is 33.3 Å². The number of benzene rings is 1. The summed E-state index contributed by atoms with van der Waals surface area (Å²) < 4.78 is 14.2. The zero-order valence-electron chi connectivity index (χ0n) is 13.2. The molecule has 1 aromatic rings. The summed E-state index contributed by atoms with van der Waals surface area (Å²) in [5.41, 5.74) is 0.732. The van der Waals surface area contributed by atoms with Crippen LogP contribution in [0.4, 0.5) is 10.1 Å². The van der Waals surface area contributed by atoms with Gasteiger partial charge in [0, 0.05) is 36.9 Å². The van der Waals surface area contributed by atoms with Crippen molar-refractivity contribution < 1.29 is 9.18 Å². The van der Waals surface area contributed by atoms with Gasteiger partial charge in [0.1, 0.15) is 11.4 Å². The normalized spacial score (nSPS) is 18.0. The van der Waals surface area contributed by atoms with Crippen LogP contribution < -0.4 is 15.5 Å². The quantitative estimate of drug-likeness (QED) is 0.893. The standard InChI is InChI=1S/C16H24FN3O/c1-11(2)19-10-12-13(17)6-5-7-14(12)20-9-8-18-15(21)16(20,3)4/h5-7,11,19H,8-10H2,1-4H3,(H,18,21). The van der Waals surface area contributed by atoms with Crippen molar-refractivity contribution in [3.63, 3.8) is 0 Å². The lowest BCUT2D eigenvalue weighted by Crippen LogP contribution is -2.62. The number of carbonyl (C=O) groups is 1. The Morgan fingerprint density at radius 3 is 2.81 bits per heavy atom. The number of nitrogens with zero attached hydrogens (tertiary/aromatic N) is 1. The van der Waals surface area contributed by atoms with E-state index >= 15 is 0 Å². The summed E-state index contributed by atoms with van der Waals surface area (Å²) in [7, 11) is 0. The fraction of sp³-hybridized carbons (Fsp3) is 0.562. The monoisotopic (exact) mass is 293 g/mol. The summed E-state index contributed by atoms with van der Waals surface area (Å²) in [4.78, 5) is 14.1. The third-order valence-electron chi connectivity index (χ3n) is 3.92. The van der Waals surface area contributed by atoms with E-state index in [-0.39, 0.29) is 17.8 Å². The van der Waals surface area contributed by atoms with Crippen molar-refractivity contribution in [1.82, 2.24) is 10.6 Å². The molecule has 5 heteroatoms. The molecule has 0 unspecified atom stereocenters. The van der Waals surface area contributed by atoms with Crippen LogP contribution in [0.5, 0.6) is 0 Å². The van der Waals surface area contributed by atoms with Crippen molar-refractivity contribution in [2.45, 2.75) is 45.8 Å². The average molecular weight is 293 g/mol. The van der Waals surface area contributed by atoms with Crippen LogP contribution in [-0.2, 0) is 11.3 Å². The van der Waals surface area contributed by atoms with Crippen LogP contribution in [-0.4, -0.2) is 30.6 Å². The molecular formula is C16H24FN3O. The van der Waals surface area contributed by atoms with Gasteiger partial charge >= 0.3 is 0 Å². The fourth-order valence-corrected chi connectivity index (χ4v) is 2.60. The molecule has 0 spiro atoms. The van der Waals surface area contributed by atoms with E-state index in [0.717, 1.165) is 5.69 Å². The summed E-state index contributed by atoms with van der Waals surface area (Å²) in [5, 5.41) is 6.12. The van der Waals surface area contributed by atoms with Gasteiger partial charge in [0.25, 0.3) is 0 Å². The molecule has 116 valence electrons. The van der Waals surface area contributed by atoms with Gasteiger partial charge in [-0.2, -0.15) is 0 Å². The highest BCUT2D eigenvalue weighted by Gasteiger charge is 2.38. The Morgan fingerprint density at radius 1 is 1.43 bits per heavy atom. The zero-order valence-corrected chi connectivity index (χ0v) is 13.2. The molecule has 1 aliphatic rings. The maximum atomic E-state index is 14.2. The number of carbonyl (C=O) groups excluding carboxylic acids is 1. The number of amides is 1. The van der Waals surface area contributed by atoms with Gasteiger partial charge in [-0.25, -0.2) is 4.39 Å². The van der Waals surface area contributed by atoms with Crippen LogP contribution in [0.2, 0.25) is 0 Å². The van der Waals surface area contributed by atoms with Crippen LogP contribution in [0.15, 0.2) is 18.2 Å². The summed E-state index contributed by atoms with van der Waals surface area (Å²) in [6.07, 6.45) is 0. The predicted molar refractivity (Wildman–Crippen MR) is 82.8 cm³/mol. The molecule has 2 N–H and O–H groups in total. The van der Waals surface area contributed by atoms with Crippen LogP contribution in [0.3, 0.4) is 0 Å². The molecule has 0 saturated carbocycles. The Kier molecular flexibility index (Phi) is 4.52. The third-order valence-corrected chi connectivity index (χ3v) is 3.92. The number of hydrogen-bond acceptors (Lipinski definition) is 3. The van der Waals surface area contributed by atoms with Gasteiger partial charge in [-0.05, 0) is 26.0 Å². The first-order valence-electron chi connectivity index (χ1n) is 7.40. The highest BCUT2D eigenvalue weighted by Crippen LogP contribution is 2.30. The van der Waals surface area contributed by atoms with Crippen molar-refractivity contribution in [3.8, 4) is 0 Å². The predicted octanol–water partition coefficient (Wildman–Crippen LogP) is 2.04. The van der Waals surface area contributed by atoms with Gasteiger partial charge < -0.3 is 15.5 Å². The van der Waals surface area contributed by atoms with Crippen LogP contribution in [0.25, 0.3) is 0 Å². The van der Waals surface area contributed by atoms with Gasteiger partial charge in [0.2, 0.25) is 5.91 Å². The van der Waals surface area contributed by atoms with Crippen molar-refractivity contribution in [2.75, 3.05) is 18.0 Å². The van der Waals surface area contributed by atoms with E-state index in [4.69, 9.17) is 0 Å². The van der Waals surface area contributed by atoms with Gasteiger partial charge in [-0.15, -0.1) is 0 Å². The van der Waals surface area contributed by atoms with Gasteiger partial charge in [0.15, 0.2) is 0 Å². The Bertz CT molecular complexity index is 528. The number of rotatable bonds is 4. The maximum Gasteiger partial charge on any atom is 0.245 e. The first-order chi connectivity index (χ1) is 9.84. The zero-order chi connectivity index (χ0) is 15.6. The number of anilines is 1. The average Bonchev–Trinajstić information content (AvgIpc) is 2.40. The Hall–Kier alpha value is -1.62. The summed E-state index contributed by atoms with van der Waals surface area (Å²) in [6, 6.07) is 5.33. The van der Waals surface area contributed by atoms with E-state index < -0.39 is 5.54 Å². The van der Waals surface area contributed by atoms with Crippen LogP contribution >= 0.6 is 0 Å². The molecular weight excluding hydrogens is 269 g/mol. The Morgan fingerprint density at radius 2 is 2.14 bits per heavy atom. The van der Waals surface area contributed by atoms with Crippen molar-refractivity contribution in [1.29, 1.82) is 0 Å². The number of nitrogens with one attached hydrogen (secondary N) is 2. The summed E-state index contributed by atoms with van der Waals surface area (Å²) >= 11 is 0. The molecule has 1 saturated heterocycles. The molecule has 0 aliphatic carbocycles. The molecule has 2 rings (SSSR count). The fourth-order valence-electron chi connectivity index (χ4n) is 2.60. The minimum Gasteiger partial charge on any atom is -0.355 e. The van der Waals surface area contributed by atoms with E-state index in [2.05, 4.69) is 10.6 Å². The minimum absolute atomic E-state index is 0.0271. The Balaban J connectivity index is 2.38. The molecule has 0 aromatic heterocycles. The smallest absolute Gasteiger partial charge is 0.245 e. The van der Waals surface area contributed by atoms with E-state index in [1.165, 1.54) is 6.07 Å². The SMILES string of the molecule is CC(C)NCc1c(F)cccc1N1CCNC(=O)C1(C)C. The third kappa shape index (κ3) is 3.18. The Labute approximate surface area is 125 Å². The highest BCUT2D eigenvalue weighted by atomic mass is 19.1. The van der Waals surface area contributed by atoms with Crippen LogP contribution in [0, 0.1) is 5.82 Å². The molecule has 1 aromatic carbocycles. The summed E-state index contributed by atoms with van der Waals surface area (Å²) in [5.74, 6) is -0.261. The number of hydrogen-bond donors (Lipinski definition) is 2. The lowest BCUT2D eigenvalue weighted by Gasteiger charge is -2.43. The van der Waals surface area contributed by atoms with Crippen molar-refractivity contribution in [3.05, 3.63) is 29.6 Å². The first kappa shape index (κ1) is 15.8. The van der Waals surface area contributed by atoms with E-state index in [1.54, 1.807) is 6.07 Å². The minimum atomic E-state index is -0.682. The second kappa shape index (κ2) is 6.02. The summed E-state index contributed by atoms with van der Waals surface area (Å²) in [6.45, 7) is 9.50. The molecule has 21 heavy (non-hydrogen) atoms. The number of piperazine rings is 1. The first-order valence-corrected chi connectivity index (χ1v) is 7.40. The maximum absolute atomic E-state index is 14.2. The molecule has 1 aliphatic heterocycles. The van der Waals surface area contributed by atoms with E-state index in [9.17, 15) is 9.18 Å². The van der Waals surface area contributed by atoms with Crippen molar-refractivity contribution in [2.24, 2.45) is 0 Å². The second-order valence-corrected chi connectivity index (χ2v) is 6.24.